The lowest BCUT2D eigenvalue weighted by atomic mass is 9.90. The first-order valence-electron chi connectivity index (χ1n) is 7.52. The van der Waals surface area contributed by atoms with Gasteiger partial charge in [0.15, 0.2) is 0 Å². The summed E-state index contributed by atoms with van der Waals surface area (Å²) in [5.74, 6) is -2.19. The average Bonchev–Trinajstić information content (AvgIpc) is 2.55. The summed E-state index contributed by atoms with van der Waals surface area (Å²) < 4.78 is 0. The highest BCUT2D eigenvalue weighted by molar-refractivity contribution is 6.28. The minimum absolute atomic E-state index is 0.0782. The van der Waals surface area contributed by atoms with Gasteiger partial charge < -0.3 is 5.73 Å². The number of imide groups is 2. The van der Waals surface area contributed by atoms with Gasteiger partial charge in [0.2, 0.25) is 11.8 Å². The zero-order valence-electron chi connectivity index (χ0n) is 12.5. The van der Waals surface area contributed by atoms with Crippen LogP contribution in [0.1, 0.15) is 33.6 Å². The molecule has 3 N–H and O–H groups in total. The van der Waals surface area contributed by atoms with Gasteiger partial charge in [0.05, 0.1) is 5.56 Å². The predicted octanol–water partition coefficient (Wildman–Crippen LogP) is 0.823. The Labute approximate surface area is 136 Å². The fourth-order valence-corrected chi connectivity index (χ4v) is 3.36. The molecule has 2 aliphatic rings. The van der Waals surface area contributed by atoms with Crippen LogP contribution in [0.3, 0.4) is 0 Å². The van der Waals surface area contributed by atoms with E-state index in [4.69, 9.17) is 5.73 Å². The molecule has 24 heavy (non-hydrogen) atoms. The molecule has 1 fully saturated rings. The van der Waals surface area contributed by atoms with Crippen molar-refractivity contribution < 1.29 is 19.2 Å². The molecular weight excluding hydrogens is 310 g/mol. The number of piperidine rings is 1. The molecule has 0 bridgehead atoms. The van der Waals surface area contributed by atoms with Crippen LogP contribution in [0.4, 0.5) is 5.69 Å². The fraction of sp³-hybridized carbons (Fsp3) is 0.176. The highest BCUT2D eigenvalue weighted by Gasteiger charge is 2.43. The van der Waals surface area contributed by atoms with Crippen LogP contribution in [-0.2, 0) is 9.59 Å². The van der Waals surface area contributed by atoms with Gasteiger partial charge in [-0.05, 0) is 23.9 Å². The van der Waals surface area contributed by atoms with E-state index in [1.807, 2.05) is 0 Å². The number of carbonyl (C=O) groups is 4. The maximum atomic E-state index is 12.9. The number of nitrogen functional groups attached to an aromatic ring is 1. The van der Waals surface area contributed by atoms with Crippen LogP contribution in [0.5, 0.6) is 0 Å². The molecule has 2 aromatic rings. The molecule has 1 atom stereocenters. The third-order valence-electron chi connectivity index (χ3n) is 4.48. The molecule has 4 amide bonds. The molecule has 4 rings (SSSR count). The quantitative estimate of drug-likeness (QED) is 0.596. The standard InChI is InChI=1S/C17H13N3O4/c18-10-5-4-8-2-1-3-9-13(8)14(10)17(24)20(16(9)23)11-6-7-12(21)19-15(11)22/h1-5,11H,6-7,18H2,(H,19,21,22). The normalized spacial score (nSPS) is 20.5. The zero-order chi connectivity index (χ0) is 17.0. The molecule has 2 aromatic carbocycles. The van der Waals surface area contributed by atoms with Gasteiger partial charge in [-0.25, -0.2) is 0 Å². The van der Waals surface area contributed by atoms with Crippen molar-refractivity contribution in [1.82, 2.24) is 10.2 Å². The summed E-state index contributed by atoms with van der Waals surface area (Å²) in [6, 6.07) is 7.47. The summed E-state index contributed by atoms with van der Waals surface area (Å²) in [7, 11) is 0. The van der Waals surface area contributed by atoms with Gasteiger partial charge in [-0.1, -0.05) is 18.2 Å². The zero-order valence-corrected chi connectivity index (χ0v) is 12.5. The Bertz CT molecular complexity index is 950. The number of rotatable bonds is 1. The molecule has 0 aromatic heterocycles. The second kappa shape index (κ2) is 4.89. The minimum atomic E-state index is -1.01. The van der Waals surface area contributed by atoms with E-state index in [0.29, 0.717) is 10.9 Å². The second-order valence-electron chi connectivity index (χ2n) is 5.88. The summed E-state index contributed by atoms with van der Waals surface area (Å²) >= 11 is 0. The second-order valence-corrected chi connectivity index (χ2v) is 5.88. The first kappa shape index (κ1) is 14.4. The lowest BCUT2D eigenvalue weighted by Crippen LogP contribution is -2.57. The van der Waals surface area contributed by atoms with E-state index in [2.05, 4.69) is 5.32 Å². The fourth-order valence-electron chi connectivity index (χ4n) is 3.36. The average molecular weight is 323 g/mol. The predicted molar refractivity (Wildman–Crippen MR) is 85.0 cm³/mol. The number of nitrogens with one attached hydrogen (secondary N) is 1. The van der Waals surface area contributed by atoms with Crippen molar-refractivity contribution in [3.63, 3.8) is 0 Å². The SMILES string of the molecule is Nc1ccc2cccc3c2c1C(=O)N(C1CCC(=O)NC1=O)C3=O. The highest BCUT2D eigenvalue weighted by atomic mass is 16.2. The Morgan fingerprint density at radius 3 is 2.58 bits per heavy atom. The smallest absolute Gasteiger partial charge is 0.264 e. The number of anilines is 1. The van der Waals surface area contributed by atoms with Crippen molar-refractivity contribution in [1.29, 1.82) is 0 Å². The molecule has 0 spiro atoms. The topological polar surface area (TPSA) is 110 Å². The van der Waals surface area contributed by atoms with E-state index in [-0.39, 0.29) is 24.1 Å². The number of nitrogens with zero attached hydrogens (tertiary/aromatic N) is 1. The monoisotopic (exact) mass is 323 g/mol. The number of benzene rings is 2. The molecule has 0 radical (unpaired) electrons. The van der Waals surface area contributed by atoms with Crippen molar-refractivity contribution in [2.45, 2.75) is 18.9 Å². The number of hydrogen-bond donors (Lipinski definition) is 2. The van der Waals surface area contributed by atoms with E-state index in [0.717, 1.165) is 10.3 Å². The summed E-state index contributed by atoms with van der Waals surface area (Å²) in [5.41, 5.74) is 6.79. The Hall–Kier alpha value is -3.22. The molecule has 1 unspecified atom stereocenters. The van der Waals surface area contributed by atoms with Crippen molar-refractivity contribution in [2.24, 2.45) is 0 Å². The third-order valence-corrected chi connectivity index (χ3v) is 4.48. The van der Waals surface area contributed by atoms with Crippen molar-refractivity contribution >= 4 is 40.1 Å². The Balaban J connectivity index is 1.90. The van der Waals surface area contributed by atoms with Crippen LogP contribution in [0, 0.1) is 0 Å². The van der Waals surface area contributed by atoms with Crippen LogP contribution in [0.2, 0.25) is 0 Å². The lowest BCUT2D eigenvalue weighted by Gasteiger charge is -2.34. The van der Waals surface area contributed by atoms with E-state index < -0.39 is 29.7 Å². The lowest BCUT2D eigenvalue weighted by molar-refractivity contribution is -0.136. The van der Waals surface area contributed by atoms with Crippen LogP contribution in [0.15, 0.2) is 30.3 Å². The van der Waals surface area contributed by atoms with Gasteiger partial charge in [-0.3, -0.25) is 29.4 Å². The van der Waals surface area contributed by atoms with E-state index in [9.17, 15) is 19.2 Å². The maximum Gasteiger partial charge on any atom is 0.264 e. The van der Waals surface area contributed by atoms with Gasteiger partial charge in [0, 0.05) is 23.1 Å². The van der Waals surface area contributed by atoms with Crippen molar-refractivity contribution in [3.8, 4) is 0 Å². The van der Waals surface area contributed by atoms with Crippen LogP contribution >= 0.6 is 0 Å². The number of carbonyl (C=O) groups excluding carboxylic acids is 4. The number of nitrogens with two attached hydrogens (primary N) is 1. The Morgan fingerprint density at radius 2 is 1.83 bits per heavy atom. The molecule has 2 aliphatic heterocycles. The van der Waals surface area contributed by atoms with Crippen LogP contribution in [-0.4, -0.2) is 34.6 Å². The summed E-state index contributed by atoms with van der Waals surface area (Å²) in [6.07, 6.45) is 0.189. The van der Waals surface area contributed by atoms with E-state index in [1.54, 1.807) is 30.3 Å². The van der Waals surface area contributed by atoms with E-state index >= 15 is 0 Å². The molecule has 2 heterocycles. The van der Waals surface area contributed by atoms with Gasteiger partial charge >= 0.3 is 0 Å². The minimum Gasteiger partial charge on any atom is -0.398 e. The van der Waals surface area contributed by atoms with E-state index in [1.165, 1.54) is 0 Å². The Kier molecular flexibility index (Phi) is 2.93. The molecule has 120 valence electrons. The summed E-state index contributed by atoms with van der Waals surface area (Å²) in [4.78, 5) is 50.2. The third kappa shape index (κ3) is 1.84. The highest BCUT2D eigenvalue weighted by Crippen LogP contribution is 2.35. The van der Waals surface area contributed by atoms with Crippen molar-refractivity contribution in [3.05, 3.63) is 41.5 Å². The maximum absolute atomic E-state index is 12.9. The van der Waals surface area contributed by atoms with Crippen LogP contribution in [0.25, 0.3) is 10.8 Å². The molecule has 7 nitrogen and oxygen atoms in total. The van der Waals surface area contributed by atoms with Gasteiger partial charge in [-0.15, -0.1) is 0 Å². The van der Waals surface area contributed by atoms with Gasteiger partial charge in [0.25, 0.3) is 11.8 Å². The molecule has 7 heteroatoms. The van der Waals surface area contributed by atoms with Gasteiger partial charge in [-0.2, -0.15) is 0 Å². The molecule has 0 aliphatic carbocycles. The van der Waals surface area contributed by atoms with Crippen molar-refractivity contribution in [2.75, 3.05) is 5.73 Å². The van der Waals surface area contributed by atoms with Crippen LogP contribution < -0.4 is 11.1 Å². The molecule has 1 saturated heterocycles. The first-order valence-corrected chi connectivity index (χ1v) is 7.52. The largest absolute Gasteiger partial charge is 0.398 e. The van der Waals surface area contributed by atoms with Gasteiger partial charge in [0.1, 0.15) is 6.04 Å². The number of hydrogen-bond acceptors (Lipinski definition) is 5. The summed E-state index contributed by atoms with van der Waals surface area (Å²) in [5, 5.41) is 3.42. The molecule has 0 saturated carbocycles. The molecular formula is C17H13N3O4. The first-order chi connectivity index (χ1) is 11.5. The number of amides is 4. The Morgan fingerprint density at radius 1 is 1.04 bits per heavy atom. The summed E-state index contributed by atoms with van der Waals surface area (Å²) in [6.45, 7) is 0.